The maximum atomic E-state index is 8.54. The van der Waals surface area contributed by atoms with Gasteiger partial charge in [-0.3, -0.25) is 0 Å². The van der Waals surface area contributed by atoms with Gasteiger partial charge < -0.3 is 0 Å². The van der Waals surface area contributed by atoms with Crippen LogP contribution in [0, 0.1) is 45.3 Å². The number of nitrogens with zero attached hydrogens (tertiary/aromatic N) is 6. The Balaban J connectivity index is 3.60. The van der Waals surface area contributed by atoms with E-state index < -0.39 is 0 Å². The molecule has 0 aliphatic carbocycles. The molecule has 6 nitrogen and oxygen atoms in total. The van der Waals surface area contributed by atoms with Crippen LogP contribution in [-0.4, -0.2) is 9.97 Å². The second-order valence-corrected chi connectivity index (χ2v) is 2.07. The lowest BCUT2D eigenvalue weighted by Gasteiger charge is -1.94. The van der Waals surface area contributed by atoms with Crippen LogP contribution in [0.2, 0.25) is 0 Å². The van der Waals surface area contributed by atoms with E-state index >= 15 is 0 Å². The van der Waals surface area contributed by atoms with Gasteiger partial charge in [0.1, 0.15) is 24.3 Å². The standard InChI is InChI=1S/C8N6/c9-1-5-6(2-10)14-8(4-12)7(3-11)13-5. The van der Waals surface area contributed by atoms with Gasteiger partial charge in [-0.25, -0.2) is 9.97 Å². The van der Waals surface area contributed by atoms with Crippen molar-refractivity contribution in [1.82, 2.24) is 9.97 Å². The van der Waals surface area contributed by atoms with Crippen LogP contribution in [0.25, 0.3) is 0 Å². The quantitative estimate of drug-likeness (QED) is 0.552. The van der Waals surface area contributed by atoms with Crippen LogP contribution in [-0.2, 0) is 0 Å². The number of nitriles is 4. The fraction of sp³-hybridized carbons (Fsp3) is 0. The van der Waals surface area contributed by atoms with Crippen LogP contribution in [0.5, 0.6) is 0 Å². The van der Waals surface area contributed by atoms with E-state index in [1.54, 1.807) is 24.3 Å². The first-order chi connectivity index (χ1) is 6.76. The van der Waals surface area contributed by atoms with Gasteiger partial charge in [0.15, 0.2) is 22.8 Å². The van der Waals surface area contributed by atoms with Gasteiger partial charge in [-0.1, -0.05) is 0 Å². The minimum Gasteiger partial charge on any atom is -0.220 e. The Morgan fingerprint density at radius 2 is 0.786 bits per heavy atom. The highest BCUT2D eigenvalue weighted by molar-refractivity contribution is 5.44. The van der Waals surface area contributed by atoms with Crippen LogP contribution >= 0.6 is 0 Å². The molecule has 1 rings (SSSR count). The topological polar surface area (TPSA) is 121 Å². The predicted octanol–water partition coefficient (Wildman–Crippen LogP) is -0.0367. The SMILES string of the molecule is N#Cc1nc(C#N)c(C#N)nc1C#N. The third-order valence-electron chi connectivity index (χ3n) is 1.32. The van der Waals surface area contributed by atoms with Crippen molar-refractivity contribution >= 4 is 0 Å². The van der Waals surface area contributed by atoms with Crippen molar-refractivity contribution in [2.75, 3.05) is 0 Å². The summed E-state index contributed by atoms with van der Waals surface area (Å²) in [5.74, 6) is 0. The molecule has 62 valence electrons. The third-order valence-corrected chi connectivity index (χ3v) is 1.32. The fourth-order valence-corrected chi connectivity index (χ4v) is 0.747. The van der Waals surface area contributed by atoms with Crippen LogP contribution in [0.15, 0.2) is 0 Å². The Bertz CT molecular complexity index is 447. The van der Waals surface area contributed by atoms with Gasteiger partial charge in [0, 0.05) is 0 Å². The van der Waals surface area contributed by atoms with E-state index in [1.165, 1.54) is 0 Å². The van der Waals surface area contributed by atoms with Gasteiger partial charge in [-0.2, -0.15) is 21.0 Å². The Labute approximate surface area is 78.9 Å². The highest BCUT2D eigenvalue weighted by Gasteiger charge is 2.12. The molecule has 0 aromatic carbocycles. The Morgan fingerprint density at radius 3 is 0.929 bits per heavy atom. The van der Waals surface area contributed by atoms with Gasteiger partial charge >= 0.3 is 0 Å². The molecule has 1 heterocycles. The molecule has 14 heavy (non-hydrogen) atoms. The molecule has 1 aromatic rings. The molecule has 0 aliphatic rings. The lowest BCUT2D eigenvalue weighted by Crippen LogP contribution is -2.01. The summed E-state index contributed by atoms with van der Waals surface area (Å²) >= 11 is 0. The maximum Gasteiger partial charge on any atom is 0.178 e. The highest BCUT2D eigenvalue weighted by Crippen LogP contribution is 2.05. The summed E-state index contributed by atoms with van der Waals surface area (Å²) < 4.78 is 0. The molecule has 0 unspecified atom stereocenters. The van der Waals surface area contributed by atoms with Crippen molar-refractivity contribution < 1.29 is 0 Å². The summed E-state index contributed by atoms with van der Waals surface area (Å²) in [6.45, 7) is 0. The van der Waals surface area contributed by atoms with Gasteiger partial charge in [-0.15, -0.1) is 0 Å². The summed E-state index contributed by atoms with van der Waals surface area (Å²) in [7, 11) is 0. The van der Waals surface area contributed by atoms with Crippen molar-refractivity contribution in [2.24, 2.45) is 0 Å². The Morgan fingerprint density at radius 1 is 0.571 bits per heavy atom. The van der Waals surface area contributed by atoms with E-state index in [9.17, 15) is 0 Å². The molecule has 0 atom stereocenters. The molecular formula is C8N6. The number of rotatable bonds is 0. The molecule has 0 fully saturated rings. The number of aromatic nitrogens is 2. The summed E-state index contributed by atoms with van der Waals surface area (Å²) in [4.78, 5) is 7.04. The van der Waals surface area contributed by atoms with Crippen LogP contribution in [0.4, 0.5) is 0 Å². The molecular weight excluding hydrogens is 180 g/mol. The van der Waals surface area contributed by atoms with E-state index in [-0.39, 0.29) is 22.8 Å². The Kier molecular flexibility index (Phi) is 2.37. The van der Waals surface area contributed by atoms with E-state index in [1.807, 2.05) is 0 Å². The van der Waals surface area contributed by atoms with Crippen molar-refractivity contribution in [1.29, 1.82) is 21.0 Å². The fourth-order valence-electron chi connectivity index (χ4n) is 0.747. The zero-order chi connectivity index (χ0) is 10.6. The first-order valence-corrected chi connectivity index (χ1v) is 3.29. The number of hydrogen-bond donors (Lipinski definition) is 0. The molecule has 0 amide bonds. The molecule has 0 saturated heterocycles. The van der Waals surface area contributed by atoms with E-state index in [0.717, 1.165) is 0 Å². The van der Waals surface area contributed by atoms with Gasteiger partial charge in [0.2, 0.25) is 0 Å². The van der Waals surface area contributed by atoms with E-state index in [0.29, 0.717) is 0 Å². The first-order valence-electron chi connectivity index (χ1n) is 3.29. The third kappa shape index (κ3) is 1.32. The summed E-state index contributed by atoms with van der Waals surface area (Å²) in [5.41, 5.74) is -0.989. The zero-order valence-corrected chi connectivity index (χ0v) is 6.68. The molecule has 1 aromatic heterocycles. The monoisotopic (exact) mass is 180 g/mol. The second-order valence-electron chi connectivity index (χ2n) is 2.07. The minimum atomic E-state index is -0.247. The predicted molar refractivity (Wildman–Crippen MR) is 40.9 cm³/mol. The van der Waals surface area contributed by atoms with Crippen molar-refractivity contribution in [2.45, 2.75) is 0 Å². The molecule has 6 heteroatoms. The summed E-state index contributed by atoms with van der Waals surface area (Å²) in [5, 5.41) is 34.1. The van der Waals surface area contributed by atoms with Gasteiger partial charge in [0.25, 0.3) is 0 Å². The minimum absolute atomic E-state index is 0.247. The van der Waals surface area contributed by atoms with E-state index in [4.69, 9.17) is 21.0 Å². The Hall–Kier alpha value is -2.96. The van der Waals surface area contributed by atoms with Crippen LogP contribution in [0.1, 0.15) is 22.8 Å². The molecule has 0 radical (unpaired) electrons. The van der Waals surface area contributed by atoms with Crippen molar-refractivity contribution in [3.8, 4) is 24.3 Å². The average molecular weight is 180 g/mol. The normalized spacial score (nSPS) is 7.71. The maximum absolute atomic E-state index is 8.54. The smallest absolute Gasteiger partial charge is 0.178 e. The molecule has 0 aliphatic heterocycles. The lowest BCUT2D eigenvalue weighted by molar-refractivity contribution is 1.08. The lowest BCUT2D eigenvalue weighted by atomic mass is 10.2. The van der Waals surface area contributed by atoms with Crippen LogP contribution < -0.4 is 0 Å². The van der Waals surface area contributed by atoms with Crippen LogP contribution in [0.3, 0.4) is 0 Å². The largest absolute Gasteiger partial charge is 0.220 e. The molecule has 0 bridgehead atoms. The summed E-state index contributed by atoms with van der Waals surface area (Å²) in [6.07, 6.45) is 0. The van der Waals surface area contributed by atoms with Gasteiger partial charge in [-0.05, 0) is 0 Å². The number of hydrogen-bond acceptors (Lipinski definition) is 6. The zero-order valence-electron chi connectivity index (χ0n) is 6.68. The summed E-state index contributed by atoms with van der Waals surface area (Å²) in [6, 6.07) is 6.46. The highest BCUT2D eigenvalue weighted by atomic mass is 14.8. The second kappa shape index (κ2) is 3.63. The van der Waals surface area contributed by atoms with E-state index in [2.05, 4.69) is 9.97 Å². The average Bonchev–Trinajstić information content (AvgIpc) is 2.26. The van der Waals surface area contributed by atoms with Crippen molar-refractivity contribution in [3.63, 3.8) is 0 Å². The van der Waals surface area contributed by atoms with Crippen molar-refractivity contribution in [3.05, 3.63) is 22.8 Å². The molecule has 0 spiro atoms. The molecule has 0 N–H and O–H groups in total. The van der Waals surface area contributed by atoms with Gasteiger partial charge in [0.05, 0.1) is 0 Å². The first kappa shape index (κ1) is 9.13. The molecule has 0 saturated carbocycles.